The summed E-state index contributed by atoms with van der Waals surface area (Å²) in [6, 6.07) is 1.41. The van der Waals surface area contributed by atoms with Crippen LogP contribution in [0.25, 0.3) is 0 Å². The van der Waals surface area contributed by atoms with Gasteiger partial charge < -0.3 is 0 Å². The fourth-order valence-electron chi connectivity index (χ4n) is 3.35. The van der Waals surface area contributed by atoms with Crippen molar-refractivity contribution in [1.82, 2.24) is 3.61 Å². The van der Waals surface area contributed by atoms with E-state index in [0.717, 1.165) is 0 Å². The van der Waals surface area contributed by atoms with Crippen molar-refractivity contribution >= 4 is 18.8 Å². The quantitative estimate of drug-likeness (QED) is 0.288. The zero-order chi connectivity index (χ0) is 20.2. The summed E-state index contributed by atoms with van der Waals surface area (Å²) in [5, 5.41) is 0. The molecule has 0 fully saturated rings. The van der Waals surface area contributed by atoms with Crippen molar-refractivity contribution in [3.63, 3.8) is 0 Å². The monoisotopic (exact) mass is 501 g/mol. The van der Waals surface area contributed by atoms with Crippen LogP contribution in [0.4, 0.5) is 0 Å². The molecule has 0 aromatic rings. The molecule has 27 heavy (non-hydrogen) atoms. The summed E-state index contributed by atoms with van der Waals surface area (Å²) < 4.78 is 6.13. The number of unbranched alkanes of at least 4 members (excludes halogenated alkanes) is 2. The van der Waals surface area contributed by atoms with E-state index in [-0.39, 0.29) is 0 Å². The molecule has 0 aliphatic heterocycles. The fraction of sp³-hybridized carbons (Fsp3) is 0.667. The molecule has 2 radical (unpaired) electrons. The van der Waals surface area contributed by atoms with Crippen molar-refractivity contribution < 1.29 is 23.2 Å². The normalized spacial score (nSPS) is 16.2. The molecular formula is C24H40GaNZr. The van der Waals surface area contributed by atoms with Crippen molar-refractivity contribution in [3.05, 3.63) is 42.0 Å². The molecule has 0 amide bonds. The molecule has 0 saturated heterocycles. The van der Waals surface area contributed by atoms with Crippen LogP contribution in [0.1, 0.15) is 92.9 Å². The Hall–Kier alpha value is 0.439. The van der Waals surface area contributed by atoms with Crippen LogP contribution < -0.4 is 0 Å². The summed E-state index contributed by atoms with van der Waals surface area (Å²) in [6.45, 7) is 13.5. The van der Waals surface area contributed by atoms with Gasteiger partial charge in [0.15, 0.2) is 0 Å². The minimum atomic E-state index is -0.463. The molecule has 148 valence electrons. The Kier molecular flexibility index (Phi) is 13.6. The van der Waals surface area contributed by atoms with Gasteiger partial charge in [0.1, 0.15) is 0 Å². The number of nitrogens with zero attached hydrogens (tertiary/aromatic N) is 1. The van der Waals surface area contributed by atoms with Gasteiger partial charge in [-0.15, -0.1) is 0 Å². The van der Waals surface area contributed by atoms with E-state index in [4.69, 9.17) is 0 Å². The first kappa shape index (κ1) is 25.5. The summed E-state index contributed by atoms with van der Waals surface area (Å²) in [4.78, 5) is 0. The average Bonchev–Trinajstić information content (AvgIpc) is 3.27. The molecule has 0 aromatic heterocycles. The van der Waals surface area contributed by atoms with E-state index in [1.54, 1.807) is 30.0 Å². The van der Waals surface area contributed by atoms with E-state index in [1.807, 2.05) is 6.56 Å². The predicted octanol–water partition coefficient (Wildman–Crippen LogP) is 7.07. The van der Waals surface area contributed by atoms with Gasteiger partial charge in [-0.1, -0.05) is 0 Å². The summed E-state index contributed by atoms with van der Waals surface area (Å²) in [5.74, 6) is 0. The number of hydrogen-bond donors (Lipinski definition) is 0. The zero-order valence-electron chi connectivity index (χ0n) is 18.6. The maximum atomic E-state index is 2.42. The summed E-state index contributed by atoms with van der Waals surface area (Å²) in [6.07, 6.45) is 20.2. The molecule has 0 unspecified atom stereocenters. The molecule has 0 bridgehead atoms. The van der Waals surface area contributed by atoms with Crippen molar-refractivity contribution in [2.75, 3.05) is 0 Å². The third-order valence-corrected chi connectivity index (χ3v) is 11.7. The molecule has 2 aliphatic rings. The van der Waals surface area contributed by atoms with E-state index < -0.39 is 23.2 Å². The van der Waals surface area contributed by atoms with Gasteiger partial charge in [0.25, 0.3) is 0 Å². The van der Waals surface area contributed by atoms with Gasteiger partial charge >= 0.3 is 193 Å². The van der Waals surface area contributed by atoms with Gasteiger partial charge in [-0.3, -0.25) is 0 Å². The van der Waals surface area contributed by atoms with Crippen molar-refractivity contribution in [1.29, 1.82) is 0 Å². The molecule has 0 spiro atoms. The van der Waals surface area contributed by atoms with E-state index in [1.165, 1.54) is 51.4 Å². The number of rotatable bonds is 10. The Morgan fingerprint density at radius 2 is 1.26 bits per heavy atom. The van der Waals surface area contributed by atoms with Crippen LogP contribution in [-0.2, 0) is 23.2 Å². The van der Waals surface area contributed by atoms with E-state index in [9.17, 15) is 0 Å². The van der Waals surface area contributed by atoms with E-state index >= 15 is 0 Å². The summed E-state index contributed by atoms with van der Waals surface area (Å²) >= 11 is 1.25. The van der Waals surface area contributed by atoms with Gasteiger partial charge in [0, 0.05) is 0 Å². The SMILES string of the molecule is CC(C)[N]([Ga])C(C)C.CCCCC1=[C]([Zr][C]2=C(CCCC)C=CC2)CC=C1. The zero-order valence-corrected chi connectivity index (χ0v) is 23.5. The molecule has 0 N–H and O–H groups in total. The molecule has 3 heteroatoms. The molecule has 0 saturated carbocycles. The Morgan fingerprint density at radius 1 is 0.852 bits per heavy atom. The van der Waals surface area contributed by atoms with E-state index in [2.05, 4.69) is 69.5 Å². The average molecular weight is 504 g/mol. The third-order valence-electron chi connectivity index (χ3n) is 5.15. The molecule has 0 atom stereocenters. The summed E-state index contributed by atoms with van der Waals surface area (Å²) in [7, 11) is 0. The molecule has 1 nitrogen and oxygen atoms in total. The minimum absolute atomic E-state index is 0.463. The molecule has 2 aliphatic carbocycles. The van der Waals surface area contributed by atoms with Crippen molar-refractivity contribution in [2.45, 2.75) is 105 Å². The van der Waals surface area contributed by atoms with Crippen LogP contribution in [0.2, 0.25) is 0 Å². The second-order valence-electron chi connectivity index (χ2n) is 8.19. The number of allylic oxidation sites excluding steroid dienone is 8. The second kappa shape index (κ2) is 14.4. The van der Waals surface area contributed by atoms with Gasteiger partial charge in [0.2, 0.25) is 0 Å². The second-order valence-corrected chi connectivity index (χ2v) is 13.0. The molecule has 2 rings (SSSR count). The summed E-state index contributed by atoms with van der Waals surface area (Å²) in [5.41, 5.74) is 3.42. The Bertz CT molecular complexity index is 507. The van der Waals surface area contributed by atoms with Crippen LogP contribution in [-0.4, -0.2) is 34.5 Å². The van der Waals surface area contributed by atoms with Crippen molar-refractivity contribution in [2.24, 2.45) is 0 Å². The maximum absolute atomic E-state index is 2.42. The first-order valence-corrected chi connectivity index (χ1v) is 14.5. The molecule has 0 aromatic carbocycles. The van der Waals surface area contributed by atoms with Gasteiger partial charge in [-0.25, -0.2) is 0 Å². The van der Waals surface area contributed by atoms with Crippen LogP contribution in [0.3, 0.4) is 0 Å². The van der Waals surface area contributed by atoms with E-state index in [0.29, 0.717) is 12.1 Å². The van der Waals surface area contributed by atoms with Gasteiger partial charge in [-0.2, -0.15) is 0 Å². The van der Waals surface area contributed by atoms with Crippen molar-refractivity contribution in [3.8, 4) is 0 Å². The standard InChI is InChI=1S/2C9H13.C6H14N.Ga.Zr/c2*1-2-3-6-9-7-4-5-8-9;1-5(2)7-6(3)4;;/h2*4,7H,2-3,5-6H2,1H3;5-6H,1-4H3;;/q;;-1;+1;. The Morgan fingerprint density at radius 3 is 1.56 bits per heavy atom. The predicted molar refractivity (Wildman–Crippen MR) is 118 cm³/mol. The Labute approximate surface area is 191 Å². The third kappa shape index (κ3) is 9.66. The topological polar surface area (TPSA) is 3.24 Å². The first-order chi connectivity index (χ1) is 12.9. The van der Waals surface area contributed by atoms with Crippen LogP contribution in [0.15, 0.2) is 42.0 Å². The fourth-order valence-corrected chi connectivity index (χ4v) is 7.14. The molecular weight excluding hydrogens is 463 g/mol. The number of hydrogen-bond acceptors (Lipinski definition) is 1. The van der Waals surface area contributed by atoms with Gasteiger partial charge in [0.05, 0.1) is 0 Å². The first-order valence-electron chi connectivity index (χ1n) is 11.0. The van der Waals surface area contributed by atoms with Crippen LogP contribution in [0, 0.1) is 0 Å². The van der Waals surface area contributed by atoms with Crippen LogP contribution in [0.5, 0.6) is 0 Å². The Balaban J connectivity index is 0.000000387. The van der Waals surface area contributed by atoms with Crippen LogP contribution >= 0.6 is 0 Å². The molecule has 0 heterocycles. The van der Waals surface area contributed by atoms with Gasteiger partial charge in [-0.05, 0) is 0 Å².